The molecule has 0 aromatic carbocycles. The molecule has 4 heavy (non-hydrogen) atoms. The number of hydrogen-bond donors (Lipinski definition) is 0. The molecule has 0 amide bonds. The van der Waals surface area contributed by atoms with E-state index in [1.807, 2.05) is 0 Å². The molecule has 0 aliphatic rings. The van der Waals surface area contributed by atoms with E-state index >= 15 is 0 Å². The second-order valence-corrected chi connectivity index (χ2v) is 0. The molecular weight excluding hydrogens is 304 g/mol. The molecule has 0 aliphatic carbocycles. The van der Waals surface area contributed by atoms with Crippen LogP contribution in [0.3, 0.4) is 0 Å². The quantitative estimate of drug-likeness (QED) is 0.531. The molecule has 4 heteroatoms. The molecule has 0 aromatic heterocycles. The maximum atomic E-state index is 0. The molecule has 0 fully saturated rings. The third kappa shape index (κ3) is 9.60. The first-order valence-electron chi connectivity index (χ1n) is 0. The van der Waals surface area contributed by atoms with Crippen molar-refractivity contribution >= 4 is 117 Å². The van der Waals surface area contributed by atoms with Crippen LogP contribution in [-0.2, 0) is 17.1 Å². The van der Waals surface area contributed by atoms with Crippen LogP contribution in [0.2, 0.25) is 0 Å². The Labute approximate surface area is 139 Å². The maximum Gasteiger partial charge on any atom is 2.00 e. The van der Waals surface area contributed by atoms with Gasteiger partial charge in [0.2, 0.25) is 0 Å². The normalized spacial score (nSPS) is 0. The minimum atomic E-state index is 0. The fourth-order valence-electron chi connectivity index (χ4n) is 0. The van der Waals surface area contributed by atoms with Gasteiger partial charge in [-0.3, -0.25) is 0 Å². The molecule has 0 rings (SSSR count). The van der Waals surface area contributed by atoms with E-state index in [1.54, 1.807) is 0 Å². The summed E-state index contributed by atoms with van der Waals surface area (Å²) >= 11 is 0. The molecule has 0 aromatic rings. The minimum absolute atomic E-state index is 0. The van der Waals surface area contributed by atoms with Gasteiger partial charge in [0.05, 0.1) is 0 Å². The Hall–Kier alpha value is 4.34. The zero-order valence-corrected chi connectivity index (χ0v) is 13.0. The first-order valence-corrected chi connectivity index (χ1v) is 0. The van der Waals surface area contributed by atoms with E-state index in [-0.39, 0.29) is 143 Å². The summed E-state index contributed by atoms with van der Waals surface area (Å²) in [7, 11) is 0. The van der Waals surface area contributed by atoms with Crippen molar-refractivity contribution in [3.05, 3.63) is 0 Å². The van der Waals surface area contributed by atoms with Crippen LogP contribution < -0.4 is 0 Å². The van der Waals surface area contributed by atoms with Crippen LogP contribution in [0, 0.1) is 0 Å². The van der Waals surface area contributed by atoms with Gasteiger partial charge < -0.3 is 8.56 Å². The molecule has 0 heterocycles. The van der Waals surface area contributed by atoms with Crippen molar-refractivity contribution < 1.29 is 25.6 Å². The van der Waals surface area contributed by atoms with Gasteiger partial charge in [0.1, 0.15) is 0 Å². The predicted octanol–water partition coefficient (Wildman–Crippen LogP) is -0.470. The van der Waals surface area contributed by atoms with Gasteiger partial charge in [-0.2, -0.15) is 0 Å². The van der Waals surface area contributed by atoms with Gasteiger partial charge in [-0.1, -0.05) is 0 Å². The fraction of sp³-hybridized carbons (Fsp3) is 0. The second kappa shape index (κ2) is 15.7. The summed E-state index contributed by atoms with van der Waals surface area (Å²) in [4.78, 5) is 0. The van der Waals surface area contributed by atoms with E-state index < -0.39 is 0 Å². The van der Waals surface area contributed by atoms with Crippen molar-refractivity contribution in [1.29, 1.82) is 0 Å². The summed E-state index contributed by atoms with van der Waals surface area (Å²) in [6.45, 7) is 0. The SMILES string of the molecule is [Ba+2].[H-].[H-].[H-].[H-].[H-].[H-].[Mg+2].[Mn].[Sr+2]. The first kappa shape index (κ1) is 23.9. The summed E-state index contributed by atoms with van der Waals surface area (Å²) in [5, 5.41) is 0. The average Bonchev–Trinajstić information content (AvgIpc) is 0. The molecule has 0 nitrogen and oxygen atoms in total. The Kier molecular flexibility index (Phi) is 93.4. The monoisotopic (exact) mass is 311 g/mol. The topological polar surface area (TPSA) is 0 Å². The Morgan fingerprint density at radius 2 is 1.25 bits per heavy atom. The van der Waals surface area contributed by atoms with Crippen molar-refractivity contribution in [2.24, 2.45) is 0 Å². The van der Waals surface area contributed by atoms with Gasteiger partial charge in [0.25, 0.3) is 0 Å². The van der Waals surface area contributed by atoms with Crippen LogP contribution >= 0.6 is 0 Å². The Morgan fingerprint density at radius 3 is 1.25 bits per heavy atom. The summed E-state index contributed by atoms with van der Waals surface area (Å²) in [6, 6.07) is 0. The van der Waals surface area contributed by atoms with E-state index in [0.717, 1.165) is 0 Å². The van der Waals surface area contributed by atoms with E-state index in [2.05, 4.69) is 0 Å². The molecule has 0 spiro atoms. The van der Waals surface area contributed by atoms with Crippen LogP contribution in [0.1, 0.15) is 8.56 Å². The second-order valence-electron chi connectivity index (χ2n) is 0. The molecule has 0 atom stereocenters. The summed E-state index contributed by atoms with van der Waals surface area (Å²) in [5.74, 6) is 0. The smallest absolute Gasteiger partial charge is 1.00 e. The van der Waals surface area contributed by atoms with Gasteiger partial charge in [-0.15, -0.1) is 0 Å². The third-order valence-electron chi connectivity index (χ3n) is 0. The first-order chi connectivity index (χ1) is 0. The molecule has 1 radical (unpaired) electrons. The summed E-state index contributed by atoms with van der Waals surface area (Å²) in [6.07, 6.45) is 0. The average molecular weight is 310 g/mol. The summed E-state index contributed by atoms with van der Waals surface area (Å²) in [5.41, 5.74) is 0. The van der Waals surface area contributed by atoms with Crippen molar-refractivity contribution in [3.8, 4) is 0 Å². The zero-order valence-electron chi connectivity index (χ0n) is 8.50. The number of rotatable bonds is 0. The van der Waals surface area contributed by atoms with Gasteiger partial charge >= 0.3 is 117 Å². The van der Waals surface area contributed by atoms with Crippen LogP contribution in [0.4, 0.5) is 0 Å². The molecule has 0 saturated carbocycles. The third-order valence-corrected chi connectivity index (χ3v) is 0. The van der Waals surface area contributed by atoms with E-state index in [0.29, 0.717) is 0 Å². The van der Waals surface area contributed by atoms with Gasteiger partial charge in [0, 0.05) is 17.1 Å². The van der Waals surface area contributed by atoms with Crippen molar-refractivity contribution in [1.82, 2.24) is 0 Å². The number of hydrogen-bond acceptors (Lipinski definition) is 0. The molecule has 0 bridgehead atoms. The minimum Gasteiger partial charge on any atom is -1.00 e. The van der Waals surface area contributed by atoms with Crippen LogP contribution in [-0.4, -0.2) is 117 Å². The van der Waals surface area contributed by atoms with Crippen LogP contribution in [0.25, 0.3) is 0 Å². The standard InChI is InChI=1S/Ba.Mg.Mn.Sr.6H/q2*+2;;+2;6*-1. The van der Waals surface area contributed by atoms with Gasteiger partial charge in [-0.25, -0.2) is 0 Å². The van der Waals surface area contributed by atoms with Crippen molar-refractivity contribution in [3.63, 3.8) is 0 Å². The van der Waals surface area contributed by atoms with Crippen molar-refractivity contribution in [2.75, 3.05) is 0 Å². The maximum absolute atomic E-state index is 0. The molecular formula is H6BaMgMnSr. The Balaban J connectivity index is 0. The fourth-order valence-corrected chi connectivity index (χ4v) is 0. The van der Waals surface area contributed by atoms with E-state index in [4.69, 9.17) is 0 Å². The molecule has 0 N–H and O–H groups in total. The molecule has 0 aliphatic heterocycles. The molecule has 19 valence electrons. The van der Waals surface area contributed by atoms with Crippen LogP contribution in [0.15, 0.2) is 0 Å². The van der Waals surface area contributed by atoms with Gasteiger partial charge in [-0.05, 0) is 0 Å². The molecule has 0 saturated heterocycles. The van der Waals surface area contributed by atoms with Crippen molar-refractivity contribution in [2.45, 2.75) is 0 Å². The Bertz CT molecular complexity index is 17.7. The van der Waals surface area contributed by atoms with Gasteiger partial charge in [0.15, 0.2) is 0 Å². The van der Waals surface area contributed by atoms with E-state index in [9.17, 15) is 0 Å². The predicted molar refractivity (Wildman–Crippen MR) is 23.9 cm³/mol. The molecule has 0 unspecified atom stereocenters. The Morgan fingerprint density at radius 1 is 1.25 bits per heavy atom. The zero-order chi connectivity index (χ0) is 0. The van der Waals surface area contributed by atoms with E-state index in [1.165, 1.54) is 0 Å². The van der Waals surface area contributed by atoms with Crippen LogP contribution in [0.5, 0.6) is 0 Å². The summed E-state index contributed by atoms with van der Waals surface area (Å²) < 4.78 is 0. The largest absolute Gasteiger partial charge is 2.00 e.